The zero-order valence-corrected chi connectivity index (χ0v) is 13.5. The van der Waals surface area contributed by atoms with Gasteiger partial charge in [-0.3, -0.25) is 14.5 Å². The van der Waals surface area contributed by atoms with Crippen molar-refractivity contribution in [1.82, 2.24) is 14.7 Å². The van der Waals surface area contributed by atoms with Crippen LogP contribution in [-0.2, 0) is 14.3 Å². The Hall–Kier alpha value is -1.14. The van der Waals surface area contributed by atoms with Crippen molar-refractivity contribution in [2.24, 2.45) is 5.92 Å². The van der Waals surface area contributed by atoms with E-state index in [0.717, 1.165) is 52.0 Å². The number of nitrogens with zero attached hydrogens (tertiary/aromatic N) is 3. The summed E-state index contributed by atoms with van der Waals surface area (Å²) in [6, 6.07) is 0.0119. The smallest absolute Gasteiger partial charge is 0.240 e. The summed E-state index contributed by atoms with van der Waals surface area (Å²) in [5.41, 5.74) is 0. The van der Waals surface area contributed by atoms with E-state index in [4.69, 9.17) is 4.74 Å². The second kappa shape index (κ2) is 6.96. The second-order valence-electron chi connectivity index (χ2n) is 6.61. The summed E-state index contributed by atoms with van der Waals surface area (Å²) >= 11 is 0. The number of ether oxygens (including phenoxy) is 1. The summed E-state index contributed by atoms with van der Waals surface area (Å²) in [6.45, 7) is 5.32. The van der Waals surface area contributed by atoms with Crippen LogP contribution in [0.5, 0.6) is 0 Å². The molecule has 1 atom stereocenters. The third kappa shape index (κ3) is 3.13. The highest BCUT2D eigenvalue weighted by atomic mass is 16.5. The summed E-state index contributed by atoms with van der Waals surface area (Å²) in [6.07, 6.45) is 4.23. The van der Waals surface area contributed by atoms with Gasteiger partial charge in [0.25, 0.3) is 0 Å². The third-order valence-electron chi connectivity index (χ3n) is 5.36. The largest absolute Gasteiger partial charge is 0.383 e. The Bertz CT molecular complexity index is 417. The van der Waals surface area contributed by atoms with Crippen molar-refractivity contribution >= 4 is 11.8 Å². The first-order valence-corrected chi connectivity index (χ1v) is 8.51. The molecule has 124 valence electrons. The molecule has 2 aliphatic heterocycles. The number of hydrogen-bond donors (Lipinski definition) is 0. The van der Waals surface area contributed by atoms with Crippen LogP contribution in [0.4, 0.5) is 0 Å². The molecule has 0 aromatic heterocycles. The standard InChI is InChI=1S/C16H27N3O3/c1-22-12-11-18-6-5-14(16(18)21)17-7-9-19(10-8-17)15(20)13-3-2-4-13/h13-14H,2-12H2,1H3. The molecule has 6 nitrogen and oxygen atoms in total. The van der Waals surface area contributed by atoms with Crippen molar-refractivity contribution in [3.05, 3.63) is 0 Å². The molecule has 2 amide bonds. The highest BCUT2D eigenvalue weighted by Gasteiger charge is 2.38. The van der Waals surface area contributed by atoms with Crippen molar-refractivity contribution in [1.29, 1.82) is 0 Å². The molecule has 0 aromatic rings. The molecule has 3 rings (SSSR count). The number of hydrogen-bond acceptors (Lipinski definition) is 4. The summed E-state index contributed by atoms with van der Waals surface area (Å²) in [4.78, 5) is 30.9. The summed E-state index contributed by atoms with van der Waals surface area (Å²) in [5, 5.41) is 0. The van der Waals surface area contributed by atoms with E-state index in [1.807, 2.05) is 9.80 Å². The highest BCUT2D eigenvalue weighted by Crippen LogP contribution is 2.29. The van der Waals surface area contributed by atoms with Crippen LogP contribution in [-0.4, -0.2) is 85.5 Å². The molecule has 1 saturated carbocycles. The van der Waals surface area contributed by atoms with E-state index < -0.39 is 0 Å². The average molecular weight is 309 g/mol. The van der Waals surface area contributed by atoms with Crippen molar-refractivity contribution in [3.8, 4) is 0 Å². The van der Waals surface area contributed by atoms with Crippen LogP contribution in [0.1, 0.15) is 25.7 Å². The maximum atomic E-state index is 12.4. The number of methoxy groups -OCH3 is 1. The van der Waals surface area contributed by atoms with Gasteiger partial charge in [0.15, 0.2) is 0 Å². The molecule has 0 aromatic carbocycles. The van der Waals surface area contributed by atoms with E-state index >= 15 is 0 Å². The van der Waals surface area contributed by atoms with Gasteiger partial charge >= 0.3 is 0 Å². The second-order valence-corrected chi connectivity index (χ2v) is 6.61. The number of likely N-dealkylation sites (tertiary alicyclic amines) is 1. The van der Waals surface area contributed by atoms with Gasteiger partial charge in [-0.2, -0.15) is 0 Å². The summed E-state index contributed by atoms with van der Waals surface area (Å²) in [5.74, 6) is 0.852. The molecule has 3 aliphatic rings. The number of piperazine rings is 1. The van der Waals surface area contributed by atoms with Gasteiger partial charge in [-0.1, -0.05) is 6.42 Å². The first kappa shape index (κ1) is 15.7. The van der Waals surface area contributed by atoms with Gasteiger partial charge in [0, 0.05) is 52.3 Å². The van der Waals surface area contributed by atoms with Gasteiger partial charge in [0.2, 0.25) is 11.8 Å². The molecule has 0 spiro atoms. The fraction of sp³-hybridized carbons (Fsp3) is 0.875. The lowest BCUT2D eigenvalue weighted by Gasteiger charge is -2.39. The predicted octanol–water partition coefficient (Wildman–Crippen LogP) is 0.178. The maximum Gasteiger partial charge on any atom is 0.240 e. The normalized spacial score (nSPS) is 27.3. The van der Waals surface area contributed by atoms with E-state index in [0.29, 0.717) is 19.1 Å². The third-order valence-corrected chi connectivity index (χ3v) is 5.36. The topological polar surface area (TPSA) is 53.1 Å². The van der Waals surface area contributed by atoms with Crippen molar-refractivity contribution in [2.45, 2.75) is 31.7 Å². The van der Waals surface area contributed by atoms with Gasteiger partial charge in [-0.25, -0.2) is 0 Å². The summed E-state index contributed by atoms with van der Waals surface area (Å²) < 4.78 is 5.06. The molecular formula is C16H27N3O3. The van der Waals surface area contributed by atoms with Gasteiger partial charge < -0.3 is 14.5 Å². The molecule has 1 unspecified atom stereocenters. The minimum Gasteiger partial charge on any atom is -0.383 e. The van der Waals surface area contributed by atoms with Gasteiger partial charge in [0.1, 0.15) is 0 Å². The van der Waals surface area contributed by atoms with Crippen LogP contribution >= 0.6 is 0 Å². The molecule has 22 heavy (non-hydrogen) atoms. The van der Waals surface area contributed by atoms with Crippen LogP contribution in [0.3, 0.4) is 0 Å². The lowest BCUT2D eigenvalue weighted by atomic mass is 9.84. The van der Waals surface area contributed by atoms with Crippen molar-refractivity contribution < 1.29 is 14.3 Å². The molecule has 6 heteroatoms. The lowest BCUT2D eigenvalue weighted by Crippen LogP contribution is -2.55. The van der Waals surface area contributed by atoms with E-state index in [1.54, 1.807) is 7.11 Å². The average Bonchev–Trinajstić information content (AvgIpc) is 2.84. The number of rotatable bonds is 5. The van der Waals surface area contributed by atoms with Crippen LogP contribution in [0, 0.1) is 5.92 Å². The Kier molecular flexibility index (Phi) is 4.98. The van der Waals surface area contributed by atoms with Crippen molar-refractivity contribution in [3.63, 3.8) is 0 Å². The molecule has 0 bridgehead atoms. The van der Waals surface area contributed by atoms with Gasteiger partial charge in [-0.05, 0) is 19.3 Å². The van der Waals surface area contributed by atoms with Crippen LogP contribution in [0.2, 0.25) is 0 Å². The van der Waals surface area contributed by atoms with E-state index in [1.165, 1.54) is 6.42 Å². The highest BCUT2D eigenvalue weighted by molar-refractivity contribution is 5.84. The Morgan fingerprint density at radius 3 is 2.45 bits per heavy atom. The fourth-order valence-electron chi connectivity index (χ4n) is 3.65. The Balaban J connectivity index is 1.47. The lowest BCUT2D eigenvalue weighted by molar-refractivity contribution is -0.141. The predicted molar refractivity (Wildman–Crippen MR) is 82.4 cm³/mol. The SMILES string of the molecule is COCCN1CCC(N2CCN(C(=O)C3CCC3)CC2)C1=O. The van der Waals surface area contributed by atoms with E-state index in [2.05, 4.69) is 4.90 Å². The monoisotopic (exact) mass is 309 g/mol. The molecule has 0 radical (unpaired) electrons. The van der Waals surface area contributed by atoms with Crippen LogP contribution < -0.4 is 0 Å². The molecule has 1 aliphatic carbocycles. The molecule has 0 N–H and O–H groups in total. The Labute approximate surface area is 132 Å². The van der Waals surface area contributed by atoms with Crippen LogP contribution in [0.15, 0.2) is 0 Å². The van der Waals surface area contributed by atoms with E-state index in [9.17, 15) is 9.59 Å². The Morgan fingerprint density at radius 2 is 1.86 bits per heavy atom. The first-order chi connectivity index (χ1) is 10.7. The van der Waals surface area contributed by atoms with Crippen molar-refractivity contribution in [2.75, 3.05) is 53.0 Å². The molecule has 2 heterocycles. The summed E-state index contributed by atoms with van der Waals surface area (Å²) in [7, 11) is 1.66. The minimum atomic E-state index is 0.0119. The number of carbonyl (C=O) groups is 2. The number of carbonyl (C=O) groups excluding carboxylic acids is 2. The van der Waals surface area contributed by atoms with Gasteiger partial charge in [-0.15, -0.1) is 0 Å². The van der Waals surface area contributed by atoms with Gasteiger partial charge in [0.05, 0.1) is 12.6 Å². The minimum absolute atomic E-state index is 0.0119. The zero-order chi connectivity index (χ0) is 15.5. The molecular weight excluding hydrogens is 282 g/mol. The maximum absolute atomic E-state index is 12.4. The van der Waals surface area contributed by atoms with Crippen LogP contribution in [0.25, 0.3) is 0 Å². The fourth-order valence-corrected chi connectivity index (χ4v) is 3.65. The first-order valence-electron chi connectivity index (χ1n) is 8.51. The molecule has 2 saturated heterocycles. The quantitative estimate of drug-likeness (QED) is 0.727. The zero-order valence-electron chi connectivity index (χ0n) is 13.5. The number of amides is 2. The molecule has 3 fully saturated rings. The Morgan fingerprint density at radius 1 is 1.14 bits per heavy atom. The van der Waals surface area contributed by atoms with E-state index in [-0.39, 0.29) is 17.9 Å².